The third-order valence-electron chi connectivity index (χ3n) is 6.75. The maximum absolute atomic E-state index is 13.9. The van der Waals surface area contributed by atoms with Crippen molar-refractivity contribution in [3.05, 3.63) is 52.7 Å². The van der Waals surface area contributed by atoms with Gasteiger partial charge in [0.1, 0.15) is 11.5 Å². The number of halogens is 4. The molecule has 3 N–H and O–H groups in total. The Balaban J connectivity index is 1.62. The van der Waals surface area contributed by atoms with Crippen molar-refractivity contribution in [1.29, 1.82) is 0 Å². The van der Waals surface area contributed by atoms with Crippen LogP contribution in [0.3, 0.4) is 0 Å². The minimum absolute atomic E-state index is 0.0289. The molecular weight excluding hydrogens is 544 g/mol. The number of carbonyl (C=O) groups excluding carboxylic acids is 2. The van der Waals surface area contributed by atoms with Gasteiger partial charge in [-0.15, -0.1) is 0 Å². The number of carbonyl (C=O) groups is 2. The Kier molecular flexibility index (Phi) is 7.67. The molecule has 39 heavy (non-hydrogen) atoms. The molecule has 3 heterocycles. The fourth-order valence-electron chi connectivity index (χ4n) is 4.57. The van der Waals surface area contributed by atoms with Gasteiger partial charge in [-0.3, -0.25) is 14.3 Å². The molecule has 1 aliphatic rings. The molecule has 0 atom stereocenters. The Bertz CT molecular complexity index is 1550. The van der Waals surface area contributed by atoms with Crippen LogP contribution in [-0.2, 0) is 22.7 Å². The number of alkyl halides is 3. The highest BCUT2D eigenvalue weighted by atomic mass is 32.2. The summed E-state index contributed by atoms with van der Waals surface area (Å²) in [6.07, 6.45) is -4.03. The molecule has 1 saturated heterocycles. The van der Waals surface area contributed by atoms with Crippen LogP contribution in [0.5, 0.6) is 0 Å². The molecular formula is C24H26F4N6O4S. The third kappa shape index (κ3) is 5.88. The number of hydrogen-bond donors (Lipinski definition) is 2. The molecule has 0 saturated carbocycles. The first kappa shape index (κ1) is 28.4. The number of amides is 2. The summed E-state index contributed by atoms with van der Waals surface area (Å²) in [4.78, 5) is 29.0. The molecule has 0 radical (unpaired) electrons. The number of pyridine rings is 1. The number of sulfonamides is 1. The van der Waals surface area contributed by atoms with Crippen molar-refractivity contribution in [2.24, 2.45) is 11.7 Å². The SMILES string of the molecule is CCS(=O)(=O)N1CCC(Cn2nc(C(F)(F)F)c(NC(=O)c3cc(C(N)=O)c4ccc(F)cc4n3)c2C)CC1. The lowest BCUT2D eigenvalue weighted by atomic mass is 9.98. The summed E-state index contributed by atoms with van der Waals surface area (Å²) in [6, 6.07) is 4.34. The fourth-order valence-corrected chi connectivity index (χ4v) is 5.70. The van der Waals surface area contributed by atoms with Crippen LogP contribution < -0.4 is 11.1 Å². The normalized spacial score (nSPS) is 15.5. The third-order valence-corrected chi connectivity index (χ3v) is 8.63. The van der Waals surface area contributed by atoms with Crippen LogP contribution in [0.1, 0.15) is 52.0 Å². The highest BCUT2D eigenvalue weighted by molar-refractivity contribution is 7.89. The summed E-state index contributed by atoms with van der Waals surface area (Å²) < 4.78 is 82.1. The predicted octanol–water partition coefficient (Wildman–Crippen LogP) is 3.31. The quantitative estimate of drug-likeness (QED) is 0.418. The first-order valence-electron chi connectivity index (χ1n) is 12.0. The van der Waals surface area contributed by atoms with Gasteiger partial charge in [0, 0.05) is 31.1 Å². The molecule has 10 nitrogen and oxygen atoms in total. The van der Waals surface area contributed by atoms with Gasteiger partial charge in [0.2, 0.25) is 15.9 Å². The van der Waals surface area contributed by atoms with E-state index in [1.54, 1.807) is 6.92 Å². The van der Waals surface area contributed by atoms with E-state index in [0.717, 1.165) is 22.9 Å². The molecule has 3 aromatic rings. The lowest BCUT2D eigenvalue weighted by molar-refractivity contribution is -0.140. The van der Waals surface area contributed by atoms with Crippen molar-refractivity contribution in [1.82, 2.24) is 19.1 Å². The summed E-state index contributed by atoms with van der Waals surface area (Å²) in [6.45, 7) is 3.51. The molecule has 1 fully saturated rings. The minimum Gasteiger partial charge on any atom is -0.366 e. The van der Waals surface area contributed by atoms with E-state index in [2.05, 4.69) is 15.4 Å². The second-order valence-electron chi connectivity index (χ2n) is 9.27. The first-order chi connectivity index (χ1) is 18.2. The molecule has 0 unspecified atom stereocenters. The predicted molar refractivity (Wildman–Crippen MR) is 134 cm³/mol. The van der Waals surface area contributed by atoms with E-state index < -0.39 is 50.9 Å². The Morgan fingerprint density at radius 3 is 2.44 bits per heavy atom. The molecule has 1 aromatic carbocycles. The number of aromatic nitrogens is 3. The van der Waals surface area contributed by atoms with Crippen molar-refractivity contribution in [2.75, 3.05) is 24.2 Å². The summed E-state index contributed by atoms with van der Waals surface area (Å²) in [5.41, 5.74) is 2.86. The number of hydrogen-bond acceptors (Lipinski definition) is 6. The van der Waals surface area contributed by atoms with Crippen LogP contribution >= 0.6 is 0 Å². The van der Waals surface area contributed by atoms with Gasteiger partial charge < -0.3 is 11.1 Å². The molecule has 2 aromatic heterocycles. The second kappa shape index (κ2) is 10.5. The van der Waals surface area contributed by atoms with E-state index in [1.165, 1.54) is 17.3 Å². The van der Waals surface area contributed by atoms with Crippen LogP contribution in [0, 0.1) is 18.7 Å². The topological polar surface area (TPSA) is 140 Å². The number of nitrogens with one attached hydrogen (secondary N) is 1. The average molecular weight is 571 g/mol. The van der Waals surface area contributed by atoms with E-state index >= 15 is 0 Å². The molecule has 210 valence electrons. The smallest absolute Gasteiger partial charge is 0.366 e. The van der Waals surface area contributed by atoms with Gasteiger partial charge >= 0.3 is 6.18 Å². The maximum atomic E-state index is 13.9. The van der Waals surface area contributed by atoms with Gasteiger partial charge in [-0.25, -0.2) is 22.1 Å². The van der Waals surface area contributed by atoms with Gasteiger partial charge in [0.15, 0.2) is 5.69 Å². The number of anilines is 1. The molecule has 2 amide bonds. The van der Waals surface area contributed by atoms with E-state index in [0.29, 0.717) is 12.8 Å². The lowest BCUT2D eigenvalue weighted by Crippen LogP contribution is -2.40. The molecule has 1 aliphatic heterocycles. The Morgan fingerprint density at radius 2 is 1.85 bits per heavy atom. The monoisotopic (exact) mass is 570 g/mol. The molecule has 15 heteroatoms. The Morgan fingerprint density at radius 1 is 1.18 bits per heavy atom. The van der Waals surface area contributed by atoms with Crippen molar-refractivity contribution in [3.8, 4) is 0 Å². The van der Waals surface area contributed by atoms with Crippen LogP contribution in [0.15, 0.2) is 24.3 Å². The number of piperidine rings is 1. The molecule has 4 rings (SSSR count). The van der Waals surface area contributed by atoms with E-state index in [1.807, 2.05) is 0 Å². The van der Waals surface area contributed by atoms with E-state index in [-0.39, 0.29) is 53.5 Å². The summed E-state index contributed by atoms with van der Waals surface area (Å²) >= 11 is 0. The van der Waals surface area contributed by atoms with Crippen molar-refractivity contribution in [2.45, 2.75) is 39.4 Å². The number of benzene rings is 1. The first-order valence-corrected chi connectivity index (χ1v) is 13.7. The van der Waals surface area contributed by atoms with Crippen molar-refractivity contribution < 1.29 is 35.6 Å². The molecule has 0 spiro atoms. The van der Waals surface area contributed by atoms with Crippen molar-refractivity contribution in [3.63, 3.8) is 0 Å². The summed E-state index contributed by atoms with van der Waals surface area (Å²) in [5.74, 6) is -2.87. The number of nitrogens with zero attached hydrogens (tertiary/aromatic N) is 4. The Labute approximate surface area is 221 Å². The van der Waals surface area contributed by atoms with Crippen LogP contribution in [-0.4, -0.2) is 58.1 Å². The second-order valence-corrected chi connectivity index (χ2v) is 11.5. The molecule has 0 bridgehead atoms. The largest absolute Gasteiger partial charge is 0.437 e. The van der Waals surface area contributed by atoms with Crippen LogP contribution in [0.2, 0.25) is 0 Å². The number of rotatable bonds is 7. The lowest BCUT2D eigenvalue weighted by Gasteiger charge is -2.31. The number of primary amides is 1. The van der Waals surface area contributed by atoms with Crippen LogP contribution in [0.25, 0.3) is 10.9 Å². The average Bonchev–Trinajstić information content (AvgIpc) is 3.18. The number of nitrogens with two attached hydrogens (primary N) is 1. The van der Waals surface area contributed by atoms with Gasteiger partial charge in [0.25, 0.3) is 5.91 Å². The zero-order valence-corrected chi connectivity index (χ0v) is 21.9. The summed E-state index contributed by atoms with van der Waals surface area (Å²) in [5, 5.41) is 6.09. The number of fused-ring (bicyclic) bond motifs is 1. The highest BCUT2D eigenvalue weighted by Gasteiger charge is 2.40. The fraction of sp³-hybridized carbons (Fsp3) is 0.417. The van der Waals surface area contributed by atoms with Gasteiger partial charge in [-0.05, 0) is 50.8 Å². The standard InChI is InChI=1S/C24H26F4N6O4S/c1-3-39(37,38)33-8-6-14(7-9-33)12-34-13(2)20(21(32-34)24(26,27)28)31-23(36)19-11-17(22(29)35)16-5-4-15(25)10-18(16)30-19/h4-5,10-11,14H,3,6-9,12H2,1-2H3,(H2,29,35)(H,31,36). The van der Waals surface area contributed by atoms with E-state index in [4.69, 9.17) is 5.73 Å². The highest BCUT2D eigenvalue weighted by Crippen LogP contribution is 2.37. The van der Waals surface area contributed by atoms with Gasteiger partial charge in [0.05, 0.1) is 28.2 Å². The zero-order valence-electron chi connectivity index (χ0n) is 21.0. The zero-order chi connectivity index (χ0) is 28.7. The molecule has 0 aliphatic carbocycles. The van der Waals surface area contributed by atoms with Crippen molar-refractivity contribution >= 4 is 38.4 Å². The summed E-state index contributed by atoms with van der Waals surface area (Å²) in [7, 11) is -3.35. The Hall–Kier alpha value is -3.59. The maximum Gasteiger partial charge on any atom is 0.437 e. The minimum atomic E-state index is -4.91. The van der Waals surface area contributed by atoms with Gasteiger partial charge in [-0.1, -0.05) is 0 Å². The van der Waals surface area contributed by atoms with Gasteiger partial charge in [-0.2, -0.15) is 18.3 Å². The van der Waals surface area contributed by atoms with Crippen LogP contribution in [0.4, 0.5) is 23.2 Å². The van der Waals surface area contributed by atoms with E-state index in [9.17, 15) is 35.6 Å².